The molecule has 0 aromatic heterocycles. The quantitative estimate of drug-likeness (QED) is 0.463. The molecule has 35 heavy (non-hydrogen) atoms. The van der Waals surface area contributed by atoms with Crippen molar-refractivity contribution in [2.75, 3.05) is 27.2 Å². The lowest BCUT2D eigenvalue weighted by atomic mass is 10.0. The maximum Gasteiger partial charge on any atom is 0.410 e. The average molecular weight is 480 g/mol. The SMILES string of the molecule is C=C(CCCc1ccccc1)N[C@@H](Cc1ccccc1)C(=O)N(C)CCN(C)C(=O)OC(C)(C)C. The standard InChI is InChI=1S/C29H41N3O3/c1-23(14-13-19-24-15-9-7-10-16-24)30-26(22-25-17-11-8-12-18-25)27(33)31(5)20-21-32(6)28(34)35-29(2,3)4/h7-12,15-18,26,30H,1,13-14,19-22H2,2-6H3/t26-/m0/s1. The van der Waals surface area contributed by atoms with Crippen molar-refractivity contribution in [3.63, 3.8) is 0 Å². The third-order valence-electron chi connectivity index (χ3n) is 5.60. The van der Waals surface area contributed by atoms with Crippen LogP contribution in [0.5, 0.6) is 0 Å². The molecule has 0 spiro atoms. The van der Waals surface area contributed by atoms with E-state index in [0.717, 1.165) is 30.5 Å². The Balaban J connectivity index is 1.95. The number of nitrogens with zero attached hydrogens (tertiary/aromatic N) is 2. The molecule has 0 radical (unpaired) electrons. The van der Waals surface area contributed by atoms with Gasteiger partial charge in [0.2, 0.25) is 5.91 Å². The van der Waals surface area contributed by atoms with Crippen LogP contribution >= 0.6 is 0 Å². The summed E-state index contributed by atoms with van der Waals surface area (Å²) in [5.74, 6) is -0.0318. The normalized spacial score (nSPS) is 11.9. The zero-order valence-electron chi connectivity index (χ0n) is 21.9. The third kappa shape index (κ3) is 10.7. The van der Waals surface area contributed by atoms with Crippen molar-refractivity contribution in [1.82, 2.24) is 15.1 Å². The van der Waals surface area contributed by atoms with E-state index >= 15 is 0 Å². The molecule has 2 rings (SSSR count). The zero-order valence-corrected chi connectivity index (χ0v) is 21.9. The van der Waals surface area contributed by atoms with E-state index in [1.54, 1.807) is 19.0 Å². The van der Waals surface area contributed by atoms with E-state index in [4.69, 9.17) is 4.74 Å². The first kappa shape index (κ1) is 28.0. The Hall–Kier alpha value is -3.28. The zero-order chi connectivity index (χ0) is 25.8. The van der Waals surface area contributed by atoms with Gasteiger partial charge >= 0.3 is 6.09 Å². The molecular formula is C29H41N3O3. The number of carbonyl (C=O) groups is 2. The number of amides is 2. The number of carbonyl (C=O) groups excluding carboxylic acids is 2. The number of allylic oxidation sites excluding steroid dienone is 1. The van der Waals surface area contributed by atoms with Crippen molar-refractivity contribution in [1.29, 1.82) is 0 Å². The van der Waals surface area contributed by atoms with Crippen LogP contribution < -0.4 is 5.32 Å². The minimum absolute atomic E-state index is 0.0318. The predicted molar refractivity (Wildman–Crippen MR) is 142 cm³/mol. The van der Waals surface area contributed by atoms with Crippen LogP contribution in [0.3, 0.4) is 0 Å². The highest BCUT2D eigenvalue weighted by Gasteiger charge is 2.24. The topological polar surface area (TPSA) is 61.9 Å². The lowest BCUT2D eigenvalue weighted by Gasteiger charge is -2.29. The molecule has 1 atom stereocenters. The van der Waals surface area contributed by atoms with E-state index in [9.17, 15) is 9.59 Å². The summed E-state index contributed by atoms with van der Waals surface area (Å²) in [5, 5.41) is 3.38. The number of nitrogens with one attached hydrogen (secondary N) is 1. The van der Waals surface area contributed by atoms with Gasteiger partial charge in [0.25, 0.3) is 0 Å². The molecule has 6 nitrogen and oxygen atoms in total. The van der Waals surface area contributed by atoms with E-state index < -0.39 is 17.7 Å². The lowest BCUT2D eigenvalue weighted by molar-refractivity contribution is -0.132. The van der Waals surface area contributed by atoms with Crippen LogP contribution in [0.15, 0.2) is 72.9 Å². The summed E-state index contributed by atoms with van der Waals surface area (Å²) in [4.78, 5) is 28.8. The average Bonchev–Trinajstić information content (AvgIpc) is 2.81. The number of ether oxygens (including phenoxy) is 1. The number of hydrogen-bond acceptors (Lipinski definition) is 4. The Bertz CT molecular complexity index is 939. The maximum absolute atomic E-state index is 13.4. The molecule has 1 N–H and O–H groups in total. The molecule has 0 saturated heterocycles. The van der Waals surface area contributed by atoms with Crippen LogP contribution in [0, 0.1) is 0 Å². The van der Waals surface area contributed by atoms with E-state index in [1.165, 1.54) is 10.5 Å². The highest BCUT2D eigenvalue weighted by molar-refractivity contribution is 5.82. The summed E-state index contributed by atoms with van der Waals surface area (Å²) < 4.78 is 5.40. The minimum atomic E-state index is -0.557. The third-order valence-corrected chi connectivity index (χ3v) is 5.60. The van der Waals surface area contributed by atoms with Gasteiger partial charge in [-0.2, -0.15) is 0 Å². The van der Waals surface area contributed by atoms with E-state index in [-0.39, 0.29) is 5.91 Å². The van der Waals surface area contributed by atoms with Crippen molar-refractivity contribution >= 4 is 12.0 Å². The highest BCUT2D eigenvalue weighted by Crippen LogP contribution is 2.12. The van der Waals surface area contributed by atoms with Gasteiger partial charge in [-0.25, -0.2) is 4.79 Å². The summed E-state index contributed by atoms with van der Waals surface area (Å²) in [7, 11) is 3.45. The smallest absolute Gasteiger partial charge is 0.410 e. The molecule has 190 valence electrons. The molecule has 0 aliphatic heterocycles. The van der Waals surface area contributed by atoms with E-state index in [1.807, 2.05) is 69.3 Å². The molecule has 2 aromatic rings. The van der Waals surface area contributed by atoms with Gasteiger partial charge in [0.05, 0.1) is 0 Å². The fraction of sp³-hybridized carbons (Fsp3) is 0.448. The van der Waals surface area contributed by atoms with Crippen LogP contribution in [-0.4, -0.2) is 60.6 Å². The first-order valence-electron chi connectivity index (χ1n) is 12.3. The number of hydrogen-bond donors (Lipinski definition) is 1. The van der Waals surface area contributed by atoms with Crippen LogP contribution in [0.2, 0.25) is 0 Å². The van der Waals surface area contributed by atoms with Crippen LogP contribution in [0.25, 0.3) is 0 Å². The van der Waals surface area contributed by atoms with Gasteiger partial charge in [-0.1, -0.05) is 67.2 Å². The molecule has 0 aliphatic rings. The molecule has 0 fully saturated rings. The molecule has 0 unspecified atom stereocenters. The molecule has 2 amide bonds. The van der Waals surface area contributed by atoms with Gasteiger partial charge in [0.1, 0.15) is 11.6 Å². The summed E-state index contributed by atoms with van der Waals surface area (Å²) in [6, 6.07) is 19.9. The predicted octanol–water partition coefficient (Wildman–Crippen LogP) is 5.05. The number of aryl methyl sites for hydroxylation is 1. The summed E-state index contributed by atoms with van der Waals surface area (Å²) in [6.45, 7) is 10.5. The van der Waals surface area contributed by atoms with Crippen molar-refractivity contribution in [3.05, 3.63) is 84.1 Å². The van der Waals surface area contributed by atoms with Crippen molar-refractivity contribution in [3.8, 4) is 0 Å². The summed E-state index contributed by atoms with van der Waals surface area (Å²) >= 11 is 0. The second kappa shape index (κ2) is 13.6. The molecule has 0 bridgehead atoms. The second-order valence-electron chi connectivity index (χ2n) is 9.99. The summed E-state index contributed by atoms with van der Waals surface area (Å²) in [5.41, 5.74) is 2.67. The lowest BCUT2D eigenvalue weighted by Crippen LogP contribution is -2.48. The Morgan fingerprint density at radius 1 is 0.914 bits per heavy atom. The van der Waals surface area contributed by atoms with E-state index in [2.05, 4.69) is 24.0 Å². The molecule has 0 heterocycles. The van der Waals surface area contributed by atoms with Crippen molar-refractivity contribution in [2.45, 2.75) is 58.1 Å². The summed E-state index contributed by atoms with van der Waals surface area (Å²) in [6.07, 6.45) is 2.88. The first-order valence-corrected chi connectivity index (χ1v) is 12.3. The number of rotatable bonds is 12. The highest BCUT2D eigenvalue weighted by atomic mass is 16.6. The number of benzene rings is 2. The van der Waals surface area contributed by atoms with Gasteiger partial charge in [-0.05, 0) is 51.2 Å². The van der Waals surface area contributed by atoms with Gasteiger partial charge in [-0.15, -0.1) is 0 Å². The Morgan fingerprint density at radius 3 is 2.03 bits per heavy atom. The Labute approximate surface area is 211 Å². The van der Waals surface area contributed by atoms with Crippen molar-refractivity contribution < 1.29 is 14.3 Å². The van der Waals surface area contributed by atoms with Crippen LogP contribution in [0.4, 0.5) is 4.79 Å². The van der Waals surface area contributed by atoms with Gasteiger partial charge in [-0.3, -0.25) is 4.79 Å². The molecule has 6 heteroatoms. The second-order valence-corrected chi connectivity index (χ2v) is 9.99. The van der Waals surface area contributed by atoms with Gasteiger partial charge < -0.3 is 19.9 Å². The van der Waals surface area contributed by atoms with Crippen LogP contribution in [0.1, 0.15) is 44.7 Å². The Kier molecular flexibility index (Phi) is 10.8. The monoisotopic (exact) mass is 479 g/mol. The fourth-order valence-electron chi connectivity index (χ4n) is 3.63. The molecule has 2 aromatic carbocycles. The molecule has 0 saturated carbocycles. The molecule has 0 aliphatic carbocycles. The minimum Gasteiger partial charge on any atom is -0.444 e. The largest absolute Gasteiger partial charge is 0.444 e. The van der Waals surface area contributed by atoms with Gasteiger partial charge in [0, 0.05) is 39.3 Å². The fourth-order valence-corrected chi connectivity index (χ4v) is 3.63. The van der Waals surface area contributed by atoms with Crippen molar-refractivity contribution in [2.24, 2.45) is 0 Å². The van der Waals surface area contributed by atoms with Crippen LogP contribution in [-0.2, 0) is 22.4 Å². The number of likely N-dealkylation sites (N-methyl/N-ethyl adjacent to an activating group) is 2. The Morgan fingerprint density at radius 2 is 1.46 bits per heavy atom. The first-order chi connectivity index (χ1) is 16.5. The maximum atomic E-state index is 13.4. The van der Waals surface area contributed by atoms with Gasteiger partial charge in [0.15, 0.2) is 0 Å². The molecular weight excluding hydrogens is 438 g/mol. The van der Waals surface area contributed by atoms with E-state index in [0.29, 0.717) is 19.5 Å².